The van der Waals surface area contributed by atoms with Crippen molar-refractivity contribution in [2.24, 2.45) is 0 Å². The van der Waals surface area contributed by atoms with Gasteiger partial charge in [-0.2, -0.15) is 0 Å². The van der Waals surface area contributed by atoms with E-state index < -0.39 is 5.97 Å². The van der Waals surface area contributed by atoms with Crippen molar-refractivity contribution in [1.29, 1.82) is 0 Å². The Labute approximate surface area is 110 Å². The summed E-state index contributed by atoms with van der Waals surface area (Å²) < 4.78 is 15.3. The first-order valence-corrected chi connectivity index (χ1v) is 6.04. The lowest BCUT2D eigenvalue weighted by Crippen LogP contribution is -2.12. The maximum absolute atomic E-state index is 11.2. The Hall–Kier alpha value is -2.08. The fourth-order valence-corrected chi connectivity index (χ4v) is 1.57. The van der Waals surface area contributed by atoms with Crippen LogP contribution in [0.25, 0.3) is 0 Å². The predicted molar refractivity (Wildman–Crippen MR) is 66.5 cm³/mol. The summed E-state index contributed by atoms with van der Waals surface area (Å²) in [7, 11) is 1.32. The number of ether oxygens (including phenoxy) is 1. The molecule has 0 aliphatic rings. The van der Waals surface area contributed by atoms with Crippen LogP contribution < -0.4 is 5.32 Å². The molecule has 6 nitrogen and oxygen atoms in total. The van der Waals surface area contributed by atoms with Crippen molar-refractivity contribution in [3.63, 3.8) is 0 Å². The zero-order chi connectivity index (χ0) is 13.7. The quantitative estimate of drug-likeness (QED) is 0.803. The lowest BCUT2D eigenvalue weighted by Gasteiger charge is -1.99. The number of methoxy groups -OCH3 is 1. The summed E-state index contributed by atoms with van der Waals surface area (Å²) in [5.41, 5.74) is 0. The van der Waals surface area contributed by atoms with E-state index in [0.29, 0.717) is 24.7 Å². The van der Waals surface area contributed by atoms with Gasteiger partial charge in [-0.3, -0.25) is 0 Å². The van der Waals surface area contributed by atoms with Crippen LogP contribution >= 0.6 is 0 Å². The van der Waals surface area contributed by atoms with Crippen molar-refractivity contribution in [1.82, 2.24) is 10.3 Å². The van der Waals surface area contributed by atoms with Crippen molar-refractivity contribution in [2.45, 2.75) is 26.4 Å². The zero-order valence-electron chi connectivity index (χ0n) is 10.9. The Morgan fingerprint density at radius 2 is 2.16 bits per heavy atom. The van der Waals surface area contributed by atoms with E-state index in [0.717, 1.165) is 12.2 Å². The van der Waals surface area contributed by atoms with E-state index in [2.05, 4.69) is 15.0 Å². The topological polar surface area (TPSA) is 77.5 Å². The molecule has 0 aromatic carbocycles. The van der Waals surface area contributed by atoms with Gasteiger partial charge in [0.2, 0.25) is 11.7 Å². The number of nitrogens with zero attached hydrogens (tertiary/aromatic N) is 1. The van der Waals surface area contributed by atoms with Crippen molar-refractivity contribution in [3.8, 4) is 0 Å². The van der Waals surface area contributed by atoms with Gasteiger partial charge >= 0.3 is 5.97 Å². The maximum Gasteiger partial charge on any atom is 0.373 e. The zero-order valence-corrected chi connectivity index (χ0v) is 10.9. The first kappa shape index (κ1) is 13.4. The number of furan rings is 1. The number of rotatable bonds is 6. The molecule has 6 heteroatoms. The molecule has 0 fully saturated rings. The van der Waals surface area contributed by atoms with Crippen molar-refractivity contribution < 1.29 is 18.4 Å². The van der Waals surface area contributed by atoms with Gasteiger partial charge in [0.1, 0.15) is 11.5 Å². The molecule has 0 saturated carbocycles. The van der Waals surface area contributed by atoms with Crippen LogP contribution in [0.3, 0.4) is 0 Å². The fraction of sp³-hybridized carbons (Fsp3) is 0.385. The second-order valence-corrected chi connectivity index (χ2v) is 3.93. The van der Waals surface area contributed by atoms with Gasteiger partial charge in [0, 0.05) is 6.42 Å². The monoisotopic (exact) mass is 264 g/mol. The number of aryl methyl sites for hydroxylation is 1. The minimum Gasteiger partial charge on any atom is -0.463 e. The highest BCUT2D eigenvalue weighted by molar-refractivity contribution is 5.86. The van der Waals surface area contributed by atoms with E-state index in [1.165, 1.54) is 7.11 Å². The van der Waals surface area contributed by atoms with Gasteiger partial charge in [0.05, 0.1) is 26.4 Å². The largest absolute Gasteiger partial charge is 0.463 e. The van der Waals surface area contributed by atoms with Gasteiger partial charge in [0.15, 0.2) is 0 Å². The molecule has 2 rings (SSSR count). The molecule has 0 radical (unpaired) electrons. The Morgan fingerprint density at radius 3 is 2.84 bits per heavy atom. The standard InChI is InChI=1S/C13H16N2O4/c1-3-9-7-15-12(19-9)8-14-6-10-4-5-11(18-10)13(16)17-2/h4-5,7,14H,3,6,8H2,1-2H3. The van der Waals surface area contributed by atoms with Gasteiger partial charge < -0.3 is 18.9 Å². The molecule has 1 N–H and O–H groups in total. The first-order chi connectivity index (χ1) is 9.22. The van der Waals surface area contributed by atoms with E-state index in [1.54, 1.807) is 18.3 Å². The van der Waals surface area contributed by atoms with Crippen LogP contribution in [-0.4, -0.2) is 18.1 Å². The van der Waals surface area contributed by atoms with Gasteiger partial charge in [0.25, 0.3) is 0 Å². The molecule has 19 heavy (non-hydrogen) atoms. The molecule has 0 amide bonds. The summed E-state index contributed by atoms with van der Waals surface area (Å²) in [6, 6.07) is 3.31. The molecule has 0 unspecified atom stereocenters. The van der Waals surface area contributed by atoms with E-state index in [9.17, 15) is 4.79 Å². The molecule has 0 atom stereocenters. The van der Waals surface area contributed by atoms with Crippen LogP contribution in [0.5, 0.6) is 0 Å². The molecule has 0 aliphatic heterocycles. The smallest absolute Gasteiger partial charge is 0.373 e. The van der Waals surface area contributed by atoms with Gasteiger partial charge in [-0.1, -0.05) is 6.92 Å². The molecule has 0 bridgehead atoms. The molecular formula is C13H16N2O4. The number of nitrogens with one attached hydrogen (secondary N) is 1. The summed E-state index contributed by atoms with van der Waals surface area (Å²) in [6.45, 7) is 3.00. The lowest BCUT2D eigenvalue weighted by atomic mass is 10.4. The number of hydrogen-bond donors (Lipinski definition) is 1. The average Bonchev–Trinajstić information content (AvgIpc) is 3.07. The van der Waals surface area contributed by atoms with Crippen LogP contribution in [0.2, 0.25) is 0 Å². The molecule has 102 valence electrons. The minimum absolute atomic E-state index is 0.198. The van der Waals surface area contributed by atoms with Crippen LogP contribution in [-0.2, 0) is 24.2 Å². The first-order valence-electron chi connectivity index (χ1n) is 6.04. The Morgan fingerprint density at radius 1 is 1.32 bits per heavy atom. The van der Waals surface area contributed by atoms with E-state index in [-0.39, 0.29) is 5.76 Å². The van der Waals surface area contributed by atoms with Crippen molar-refractivity contribution in [3.05, 3.63) is 41.5 Å². The maximum atomic E-state index is 11.2. The van der Waals surface area contributed by atoms with Gasteiger partial charge in [-0.15, -0.1) is 0 Å². The molecule has 0 aliphatic carbocycles. The Kier molecular flexibility index (Phi) is 4.35. The summed E-state index contributed by atoms with van der Waals surface area (Å²) in [6.07, 6.45) is 2.55. The number of esters is 1. The molecule has 2 aromatic rings. The molecule has 0 saturated heterocycles. The fourth-order valence-electron chi connectivity index (χ4n) is 1.57. The van der Waals surface area contributed by atoms with Crippen LogP contribution in [0.4, 0.5) is 0 Å². The molecule has 2 heterocycles. The SMILES string of the molecule is CCc1cnc(CNCc2ccc(C(=O)OC)o2)o1. The number of carbonyl (C=O) groups excluding carboxylic acids is 1. The third-order valence-electron chi connectivity index (χ3n) is 2.57. The number of oxazole rings is 1. The average molecular weight is 264 g/mol. The third-order valence-corrected chi connectivity index (χ3v) is 2.57. The molecular weight excluding hydrogens is 248 g/mol. The second-order valence-electron chi connectivity index (χ2n) is 3.93. The second kappa shape index (κ2) is 6.19. The molecule has 0 spiro atoms. The van der Waals surface area contributed by atoms with E-state index >= 15 is 0 Å². The van der Waals surface area contributed by atoms with Crippen molar-refractivity contribution >= 4 is 5.97 Å². The minimum atomic E-state index is -0.480. The third kappa shape index (κ3) is 3.45. The Balaban J connectivity index is 1.82. The van der Waals surface area contributed by atoms with Crippen molar-refractivity contribution in [2.75, 3.05) is 7.11 Å². The summed E-state index contributed by atoms with van der Waals surface area (Å²) >= 11 is 0. The van der Waals surface area contributed by atoms with E-state index in [1.807, 2.05) is 6.92 Å². The normalized spacial score (nSPS) is 10.6. The highest BCUT2D eigenvalue weighted by atomic mass is 16.5. The van der Waals surface area contributed by atoms with E-state index in [4.69, 9.17) is 8.83 Å². The molecule has 2 aromatic heterocycles. The highest BCUT2D eigenvalue weighted by Gasteiger charge is 2.10. The lowest BCUT2D eigenvalue weighted by molar-refractivity contribution is 0.0563. The summed E-state index contributed by atoms with van der Waals surface area (Å²) in [5.74, 6) is 1.87. The van der Waals surface area contributed by atoms with Gasteiger partial charge in [-0.25, -0.2) is 9.78 Å². The van der Waals surface area contributed by atoms with Crippen LogP contribution in [0.15, 0.2) is 27.2 Å². The number of aromatic nitrogens is 1. The number of carbonyl (C=O) groups is 1. The van der Waals surface area contributed by atoms with Crippen LogP contribution in [0.1, 0.15) is 34.9 Å². The number of hydrogen-bond acceptors (Lipinski definition) is 6. The van der Waals surface area contributed by atoms with Crippen LogP contribution in [0, 0.1) is 0 Å². The predicted octanol–water partition coefficient (Wildman–Crippen LogP) is 1.91. The summed E-state index contributed by atoms with van der Waals surface area (Å²) in [5, 5.41) is 3.12. The van der Waals surface area contributed by atoms with Gasteiger partial charge in [-0.05, 0) is 12.1 Å². The highest BCUT2D eigenvalue weighted by Crippen LogP contribution is 2.09. The summed E-state index contributed by atoms with van der Waals surface area (Å²) in [4.78, 5) is 15.3. The Bertz CT molecular complexity index is 544.